The average Bonchev–Trinajstić information content (AvgIpc) is 2.35. The van der Waals surface area contributed by atoms with Gasteiger partial charge in [0, 0.05) is 0 Å². The lowest BCUT2D eigenvalue weighted by atomic mass is 10.2. The van der Waals surface area contributed by atoms with Gasteiger partial charge in [0.1, 0.15) is 5.75 Å². The second kappa shape index (κ2) is 7.51. The summed E-state index contributed by atoms with van der Waals surface area (Å²) in [6.45, 7) is 1.86. The highest BCUT2D eigenvalue weighted by atomic mass is 32.2. The molecule has 1 aromatic rings. The van der Waals surface area contributed by atoms with Crippen LogP contribution in [-0.4, -0.2) is 26.2 Å². The number of aliphatic hydroxyl groups is 1. The molecular weight excluding hydrogens is 252 g/mol. The molecule has 0 aliphatic heterocycles. The maximum atomic E-state index is 11.6. The topological polar surface area (TPSA) is 63.6 Å². The van der Waals surface area contributed by atoms with Crippen molar-refractivity contribution in [1.29, 1.82) is 0 Å². The van der Waals surface area contributed by atoms with Crippen LogP contribution < -0.4 is 0 Å². The minimum atomic E-state index is -3.61. The highest BCUT2D eigenvalue weighted by molar-refractivity contribution is 7.85. The maximum absolute atomic E-state index is 11.6. The van der Waals surface area contributed by atoms with E-state index in [-0.39, 0.29) is 12.4 Å². The van der Waals surface area contributed by atoms with Crippen molar-refractivity contribution in [3.63, 3.8) is 0 Å². The van der Waals surface area contributed by atoms with Crippen LogP contribution in [0.5, 0.6) is 0 Å². The summed E-state index contributed by atoms with van der Waals surface area (Å²) in [5, 5.41) is 9.52. The smallest absolute Gasteiger partial charge is 0.271 e. The third-order valence-electron chi connectivity index (χ3n) is 2.52. The predicted molar refractivity (Wildman–Crippen MR) is 70.5 cm³/mol. The zero-order valence-electron chi connectivity index (χ0n) is 10.6. The molecule has 1 N–H and O–H groups in total. The van der Waals surface area contributed by atoms with Crippen molar-refractivity contribution in [2.24, 2.45) is 0 Å². The van der Waals surface area contributed by atoms with Gasteiger partial charge in [0.05, 0.1) is 12.7 Å². The van der Waals surface area contributed by atoms with E-state index in [0.717, 1.165) is 12.8 Å². The molecule has 1 rings (SSSR count). The molecule has 18 heavy (non-hydrogen) atoms. The van der Waals surface area contributed by atoms with Crippen LogP contribution in [-0.2, 0) is 20.1 Å². The van der Waals surface area contributed by atoms with E-state index in [1.807, 2.05) is 13.0 Å². The molecule has 1 aromatic carbocycles. The molecule has 0 fully saturated rings. The van der Waals surface area contributed by atoms with Gasteiger partial charge < -0.3 is 5.11 Å². The van der Waals surface area contributed by atoms with Crippen molar-refractivity contribution in [2.45, 2.75) is 38.0 Å². The van der Waals surface area contributed by atoms with Gasteiger partial charge in [-0.2, -0.15) is 8.42 Å². The molecule has 1 atom stereocenters. The van der Waals surface area contributed by atoms with Crippen molar-refractivity contribution in [2.75, 3.05) is 6.61 Å². The predicted octanol–water partition coefficient (Wildman–Crippen LogP) is 2.08. The number of rotatable bonds is 8. The maximum Gasteiger partial charge on any atom is 0.271 e. The first-order valence-electron chi connectivity index (χ1n) is 6.12. The third-order valence-corrected chi connectivity index (χ3v) is 3.70. The molecule has 0 heterocycles. The molecule has 0 aliphatic rings. The van der Waals surface area contributed by atoms with Crippen LogP contribution in [0.15, 0.2) is 30.3 Å². The average molecular weight is 272 g/mol. The second-order valence-corrected chi connectivity index (χ2v) is 5.91. The summed E-state index contributed by atoms with van der Waals surface area (Å²) in [5.74, 6) is -0.158. The first-order chi connectivity index (χ1) is 8.53. The number of benzene rings is 1. The van der Waals surface area contributed by atoms with Gasteiger partial charge in [-0.05, 0) is 12.0 Å². The molecule has 0 spiro atoms. The molecule has 0 amide bonds. The zero-order chi connectivity index (χ0) is 13.4. The summed E-state index contributed by atoms with van der Waals surface area (Å²) in [6, 6.07) is 8.84. The summed E-state index contributed by atoms with van der Waals surface area (Å²) in [4.78, 5) is 0. The summed E-state index contributed by atoms with van der Waals surface area (Å²) in [6.07, 6.45) is 1.68. The van der Waals surface area contributed by atoms with Gasteiger partial charge in [-0.25, -0.2) is 0 Å². The van der Waals surface area contributed by atoms with E-state index in [2.05, 4.69) is 0 Å². The molecule has 0 radical (unpaired) electrons. The van der Waals surface area contributed by atoms with Gasteiger partial charge in [0.2, 0.25) is 0 Å². The largest absolute Gasteiger partial charge is 0.391 e. The number of unbranched alkanes of at least 4 members (excludes halogenated alkanes) is 1. The van der Waals surface area contributed by atoms with Gasteiger partial charge in [0.25, 0.3) is 10.1 Å². The lowest BCUT2D eigenvalue weighted by Crippen LogP contribution is -2.19. The molecule has 5 heteroatoms. The first-order valence-corrected chi connectivity index (χ1v) is 7.70. The fraction of sp³-hybridized carbons (Fsp3) is 0.538. The van der Waals surface area contributed by atoms with Crippen LogP contribution in [0.1, 0.15) is 31.7 Å². The summed E-state index contributed by atoms with van der Waals surface area (Å²) >= 11 is 0. The summed E-state index contributed by atoms with van der Waals surface area (Å²) < 4.78 is 28.1. The lowest BCUT2D eigenvalue weighted by Gasteiger charge is -2.10. The number of hydrogen-bond donors (Lipinski definition) is 1. The van der Waals surface area contributed by atoms with Gasteiger partial charge in [0.15, 0.2) is 0 Å². The Labute approximate surface area is 109 Å². The van der Waals surface area contributed by atoms with E-state index in [0.29, 0.717) is 12.0 Å². The SMILES string of the molecule is CCCCC(O)COS(=O)(=O)Cc1ccccc1. The number of hydrogen-bond acceptors (Lipinski definition) is 4. The molecule has 0 saturated heterocycles. The first kappa shape index (κ1) is 15.1. The van der Waals surface area contributed by atoms with Crippen LogP contribution in [0.3, 0.4) is 0 Å². The third kappa shape index (κ3) is 6.14. The van der Waals surface area contributed by atoms with E-state index < -0.39 is 16.2 Å². The van der Waals surface area contributed by atoms with E-state index in [9.17, 15) is 13.5 Å². The van der Waals surface area contributed by atoms with Gasteiger partial charge in [-0.15, -0.1) is 0 Å². The zero-order valence-corrected chi connectivity index (χ0v) is 11.4. The normalized spacial score (nSPS) is 13.4. The molecule has 4 nitrogen and oxygen atoms in total. The van der Waals surface area contributed by atoms with E-state index in [4.69, 9.17) is 4.18 Å². The molecule has 0 aromatic heterocycles. The van der Waals surface area contributed by atoms with Crippen LogP contribution >= 0.6 is 0 Å². The molecular formula is C13H20O4S. The highest BCUT2D eigenvalue weighted by Gasteiger charge is 2.15. The Balaban J connectivity index is 2.41. The van der Waals surface area contributed by atoms with Gasteiger partial charge in [-0.1, -0.05) is 50.1 Å². The number of aliphatic hydroxyl groups excluding tert-OH is 1. The fourth-order valence-electron chi connectivity index (χ4n) is 1.53. The molecule has 0 bridgehead atoms. The van der Waals surface area contributed by atoms with Crippen molar-refractivity contribution < 1.29 is 17.7 Å². The molecule has 1 unspecified atom stereocenters. The Morgan fingerprint density at radius 1 is 1.28 bits per heavy atom. The lowest BCUT2D eigenvalue weighted by molar-refractivity contribution is 0.101. The molecule has 0 aliphatic carbocycles. The van der Waals surface area contributed by atoms with Crippen LogP contribution in [0, 0.1) is 0 Å². The Bertz CT molecular complexity index is 428. The highest BCUT2D eigenvalue weighted by Crippen LogP contribution is 2.09. The summed E-state index contributed by atoms with van der Waals surface area (Å²) in [5.41, 5.74) is 0.681. The van der Waals surface area contributed by atoms with E-state index in [1.165, 1.54) is 0 Å². The van der Waals surface area contributed by atoms with Crippen molar-refractivity contribution in [3.8, 4) is 0 Å². The minimum Gasteiger partial charge on any atom is -0.391 e. The second-order valence-electron chi connectivity index (χ2n) is 4.27. The quantitative estimate of drug-likeness (QED) is 0.736. The minimum absolute atomic E-state index is 0.158. The molecule has 102 valence electrons. The Morgan fingerprint density at radius 2 is 1.94 bits per heavy atom. The van der Waals surface area contributed by atoms with Crippen LogP contribution in [0.25, 0.3) is 0 Å². The Kier molecular flexibility index (Phi) is 6.32. The Hall–Kier alpha value is -0.910. The molecule has 0 saturated carbocycles. The summed E-state index contributed by atoms with van der Waals surface area (Å²) in [7, 11) is -3.61. The van der Waals surface area contributed by atoms with Crippen molar-refractivity contribution >= 4 is 10.1 Å². The van der Waals surface area contributed by atoms with Gasteiger partial charge >= 0.3 is 0 Å². The van der Waals surface area contributed by atoms with Gasteiger partial charge in [-0.3, -0.25) is 4.18 Å². The fourth-order valence-corrected chi connectivity index (χ4v) is 2.57. The van der Waals surface area contributed by atoms with E-state index >= 15 is 0 Å². The standard InChI is InChI=1S/C13H20O4S/c1-2-3-9-13(14)10-17-18(15,16)11-12-7-5-4-6-8-12/h4-8,13-14H,2-3,9-11H2,1H3. The van der Waals surface area contributed by atoms with E-state index in [1.54, 1.807) is 24.3 Å². The van der Waals surface area contributed by atoms with Crippen molar-refractivity contribution in [3.05, 3.63) is 35.9 Å². The monoisotopic (exact) mass is 272 g/mol. The van der Waals surface area contributed by atoms with Crippen LogP contribution in [0.4, 0.5) is 0 Å². The van der Waals surface area contributed by atoms with Crippen LogP contribution in [0.2, 0.25) is 0 Å². The Morgan fingerprint density at radius 3 is 2.56 bits per heavy atom. The van der Waals surface area contributed by atoms with Crippen molar-refractivity contribution in [1.82, 2.24) is 0 Å².